The van der Waals surface area contributed by atoms with Gasteiger partial charge in [-0.15, -0.1) is 11.8 Å². The number of rotatable bonds is 4. The van der Waals surface area contributed by atoms with E-state index in [0.29, 0.717) is 26.4 Å². The maximum Gasteiger partial charge on any atom is 0.234 e. The number of benzene rings is 2. The third-order valence-corrected chi connectivity index (χ3v) is 4.41. The van der Waals surface area contributed by atoms with E-state index in [9.17, 15) is 4.79 Å². The molecular weight excluding hydrogens is 351 g/mol. The topological polar surface area (TPSA) is 55.1 Å². The number of hydrogen-bond acceptors (Lipinski definition) is 3. The van der Waals surface area contributed by atoms with E-state index in [-0.39, 0.29) is 11.7 Å². The summed E-state index contributed by atoms with van der Waals surface area (Å²) in [6.45, 7) is 0. The van der Waals surface area contributed by atoms with Gasteiger partial charge >= 0.3 is 0 Å². The Labute approximate surface area is 141 Å². The van der Waals surface area contributed by atoms with Crippen LogP contribution in [-0.4, -0.2) is 11.7 Å². The van der Waals surface area contributed by atoms with Crippen LogP contribution in [0.2, 0.25) is 15.1 Å². The summed E-state index contributed by atoms with van der Waals surface area (Å²) >= 11 is 19.1. The SMILES string of the molecule is Nc1ccc(Cl)cc1SCC(=O)Nc1cc(Cl)ccc1Cl. The molecule has 0 aliphatic heterocycles. The maximum absolute atomic E-state index is 11.9. The summed E-state index contributed by atoms with van der Waals surface area (Å²) in [5.74, 6) is -0.0172. The number of hydrogen-bond donors (Lipinski definition) is 2. The molecule has 0 saturated carbocycles. The first kappa shape index (κ1) is 16.3. The number of amides is 1. The fraction of sp³-hybridized carbons (Fsp3) is 0.0714. The molecule has 2 aromatic carbocycles. The Kier molecular flexibility index (Phi) is 5.65. The molecule has 0 fully saturated rings. The fourth-order valence-corrected chi connectivity index (χ4v) is 2.93. The van der Waals surface area contributed by atoms with E-state index in [4.69, 9.17) is 40.5 Å². The largest absolute Gasteiger partial charge is 0.398 e. The number of carbonyl (C=O) groups is 1. The van der Waals surface area contributed by atoms with Gasteiger partial charge in [0.25, 0.3) is 0 Å². The summed E-state index contributed by atoms with van der Waals surface area (Å²) in [7, 11) is 0. The summed E-state index contributed by atoms with van der Waals surface area (Å²) in [6, 6.07) is 10.0. The van der Waals surface area contributed by atoms with Gasteiger partial charge in [-0.2, -0.15) is 0 Å². The van der Waals surface area contributed by atoms with Crippen molar-refractivity contribution >= 4 is 63.8 Å². The highest BCUT2D eigenvalue weighted by Crippen LogP contribution is 2.29. The first-order valence-corrected chi connectivity index (χ1v) is 8.00. The van der Waals surface area contributed by atoms with E-state index in [0.717, 1.165) is 4.90 Å². The molecule has 0 atom stereocenters. The van der Waals surface area contributed by atoms with Crippen molar-refractivity contribution in [1.82, 2.24) is 0 Å². The van der Waals surface area contributed by atoms with Gasteiger partial charge < -0.3 is 11.1 Å². The number of thioether (sulfide) groups is 1. The monoisotopic (exact) mass is 360 g/mol. The number of nitrogen functional groups attached to an aromatic ring is 1. The van der Waals surface area contributed by atoms with E-state index >= 15 is 0 Å². The lowest BCUT2D eigenvalue weighted by atomic mass is 10.3. The van der Waals surface area contributed by atoms with Crippen LogP contribution in [0.4, 0.5) is 11.4 Å². The van der Waals surface area contributed by atoms with Crippen LogP contribution in [0.1, 0.15) is 0 Å². The summed E-state index contributed by atoms with van der Waals surface area (Å²) in [5, 5.41) is 4.21. The van der Waals surface area contributed by atoms with E-state index < -0.39 is 0 Å². The average Bonchev–Trinajstić information content (AvgIpc) is 2.44. The zero-order valence-electron chi connectivity index (χ0n) is 10.7. The van der Waals surface area contributed by atoms with Gasteiger partial charge in [-0.25, -0.2) is 0 Å². The molecule has 0 saturated heterocycles. The molecule has 7 heteroatoms. The molecule has 3 N–H and O–H groups in total. The van der Waals surface area contributed by atoms with E-state index in [2.05, 4.69) is 5.32 Å². The molecule has 0 aliphatic rings. The third-order valence-electron chi connectivity index (χ3n) is 2.54. The molecule has 0 aromatic heterocycles. The Morgan fingerprint density at radius 3 is 2.52 bits per heavy atom. The highest BCUT2D eigenvalue weighted by molar-refractivity contribution is 8.00. The van der Waals surface area contributed by atoms with Gasteiger partial charge in [-0.3, -0.25) is 4.79 Å². The smallest absolute Gasteiger partial charge is 0.234 e. The van der Waals surface area contributed by atoms with E-state index in [1.807, 2.05) is 0 Å². The number of nitrogens with two attached hydrogens (primary N) is 1. The maximum atomic E-state index is 11.9. The molecule has 1 amide bonds. The quantitative estimate of drug-likeness (QED) is 0.598. The lowest BCUT2D eigenvalue weighted by Gasteiger charge is -2.09. The first-order chi connectivity index (χ1) is 9.95. The van der Waals surface area contributed by atoms with Crippen LogP contribution < -0.4 is 11.1 Å². The zero-order chi connectivity index (χ0) is 15.4. The predicted octanol–water partition coefficient (Wildman–Crippen LogP) is 4.96. The Bertz CT molecular complexity index is 679. The fourth-order valence-electron chi connectivity index (χ4n) is 1.56. The molecule has 2 rings (SSSR count). The van der Waals surface area contributed by atoms with Crippen molar-refractivity contribution in [2.75, 3.05) is 16.8 Å². The van der Waals surface area contributed by atoms with Gasteiger partial charge in [-0.05, 0) is 36.4 Å². The minimum absolute atomic E-state index is 0.188. The van der Waals surface area contributed by atoms with E-state index in [1.54, 1.807) is 36.4 Å². The van der Waals surface area contributed by atoms with Crippen molar-refractivity contribution in [2.45, 2.75) is 4.90 Å². The summed E-state index contributed by atoms with van der Waals surface area (Å²) in [6.07, 6.45) is 0. The lowest BCUT2D eigenvalue weighted by molar-refractivity contribution is -0.113. The molecule has 0 bridgehead atoms. The van der Waals surface area contributed by atoms with Crippen molar-refractivity contribution in [3.8, 4) is 0 Å². The molecule has 0 heterocycles. The summed E-state index contributed by atoms with van der Waals surface area (Å²) in [4.78, 5) is 12.7. The van der Waals surface area contributed by atoms with Crippen LogP contribution in [0.3, 0.4) is 0 Å². The van der Waals surface area contributed by atoms with Crippen LogP contribution >= 0.6 is 46.6 Å². The molecule has 3 nitrogen and oxygen atoms in total. The normalized spacial score (nSPS) is 10.4. The van der Waals surface area contributed by atoms with Crippen molar-refractivity contribution in [2.24, 2.45) is 0 Å². The molecule has 0 unspecified atom stereocenters. The Morgan fingerprint density at radius 1 is 1.10 bits per heavy atom. The molecule has 0 spiro atoms. The number of anilines is 2. The average molecular weight is 362 g/mol. The predicted molar refractivity (Wildman–Crippen MR) is 91.7 cm³/mol. The van der Waals surface area contributed by atoms with Gasteiger partial charge in [0, 0.05) is 20.6 Å². The number of carbonyl (C=O) groups excluding carboxylic acids is 1. The van der Waals surface area contributed by atoms with Crippen LogP contribution in [0.15, 0.2) is 41.3 Å². The lowest BCUT2D eigenvalue weighted by Crippen LogP contribution is -2.14. The Morgan fingerprint density at radius 2 is 1.76 bits per heavy atom. The Hall–Kier alpha value is -1.07. The van der Waals surface area contributed by atoms with Gasteiger partial charge in [0.2, 0.25) is 5.91 Å². The minimum Gasteiger partial charge on any atom is -0.398 e. The molecule has 2 aromatic rings. The molecule has 0 aliphatic carbocycles. The van der Waals surface area contributed by atoms with Crippen LogP contribution in [-0.2, 0) is 4.79 Å². The van der Waals surface area contributed by atoms with E-state index in [1.165, 1.54) is 11.8 Å². The highest BCUT2D eigenvalue weighted by Gasteiger charge is 2.09. The number of halogens is 3. The van der Waals surface area contributed by atoms with Crippen LogP contribution in [0, 0.1) is 0 Å². The minimum atomic E-state index is -0.205. The highest BCUT2D eigenvalue weighted by atomic mass is 35.5. The Balaban J connectivity index is 1.99. The second kappa shape index (κ2) is 7.27. The van der Waals surface area contributed by atoms with Crippen molar-refractivity contribution in [3.63, 3.8) is 0 Å². The summed E-state index contributed by atoms with van der Waals surface area (Å²) < 4.78 is 0. The second-order valence-electron chi connectivity index (χ2n) is 4.14. The standard InChI is InChI=1S/C14H11Cl3N2OS/c15-8-1-3-10(17)12(5-8)19-14(20)7-21-13-6-9(16)2-4-11(13)18/h1-6H,7,18H2,(H,19,20). The molecule has 0 radical (unpaired) electrons. The first-order valence-electron chi connectivity index (χ1n) is 5.88. The molecule has 110 valence electrons. The van der Waals surface area contributed by atoms with Crippen molar-refractivity contribution in [3.05, 3.63) is 51.5 Å². The molecular formula is C14H11Cl3N2OS. The van der Waals surface area contributed by atoms with Crippen LogP contribution in [0.5, 0.6) is 0 Å². The van der Waals surface area contributed by atoms with Gasteiger partial charge in [0.1, 0.15) is 0 Å². The third kappa shape index (κ3) is 4.71. The van der Waals surface area contributed by atoms with Gasteiger partial charge in [0.15, 0.2) is 0 Å². The molecule has 21 heavy (non-hydrogen) atoms. The van der Waals surface area contributed by atoms with Crippen molar-refractivity contribution in [1.29, 1.82) is 0 Å². The summed E-state index contributed by atoms with van der Waals surface area (Å²) in [5.41, 5.74) is 6.88. The van der Waals surface area contributed by atoms with Crippen LogP contribution in [0.25, 0.3) is 0 Å². The number of nitrogens with one attached hydrogen (secondary N) is 1. The van der Waals surface area contributed by atoms with Crippen molar-refractivity contribution < 1.29 is 4.79 Å². The van der Waals surface area contributed by atoms with Gasteiger partial charge in [-0.1, -0.05) is 34.8 Å². The second-order valence-corrected chi connectivity index (χ2v) is 6.44. The van der Waals surface area contributed by atoms with Gasteiger partial charge in [0.05, 0.1) is 16.5 Å². The zero-order valence-corrected chi connectivity index (χ0v) is 13.8.